The number of benzene rings is 2. The van der Waals surface area contributed by atoms with Gasteiger partial charge in [0.25, 0.3) is 0 Å². The van der Waals surface area contributed by atoms with Gasteiger partial charge < -0.3 is 18.6 Å². The molecule has 0 atom stereocenters. The minimum absolute atomic E-state index is 0.300. The topological polar surface area (TPSA) is 54.7 Å². The third kappa shape index (κ3) is 3.92. The van der Waals surface area contributed by atoms with E-state index in [4.69, 9.17) is 30.2 Å². The van der Waals surface area contributed by atoms with Crippen LogP contribution in [0.25, 0.3) is 16.6 Å². The molecule has 3 aromatic rings. The Morgan fingerprint density at radius 3 is 1.77 bits per heavy atom. The van der Waals surface area contributed by atoms with Crippen LogP contribution in [0.2, 0.25) is 5.15 Å². The SMILES string of the molecule is CC1(C)OB(c2ccc(-n3nc4cc(F)c(B5OC(C)(C)C(C)(C)O5)cc4c3Cl)cc2)OC1(C)C. The van der Waals surface area contributed by atoms with Gasteiger partial charge in [-0.2, -0.15) is 5.10 Å². The maximum absolute atomic E-state index is 15.1. The highest BCUT2D eigenvalue weighted by Gasteiger charge is 2.53. The van der Waals surface area contributed by atoms with Crippen LogP contribution in [-0.2, 0) is 18.6 Å². The Balaban J connectivity index is 1.46. The van der Waals surface area contributed by atoms with E-state index in [1.165, 1.54) is 6.07 Å². The lowest BCUT2D eigenvalue weighted by atomic mass is 9.78. The normalized spacial score (nSPS) is 22.3. The average molecular weight is 499 g/mol. The summed E-state index contributed by atoms with van der Waals surface area (Å²) in [5, 5.41) is 5.54. The van der Waals surface area contributed by atoms with E-state index in [-0.39, 0.29) is 0 Å². The molecule has 5 rings (SSSR count). The molecule has 0 radical (unpaired) electrons. The van der Waals surface area contributed by atoms with Gasteiger partial charge in [0.15, 0.2) is 0 Å². The van der Waals surface area contributed by atoms with Crippen molar-refractivity contribution in [1.29, 1.82) is 0 Å². The molecule has 2 aliphatic heterocycles. The van der Waals surface area contributed by atoms with Gasteiger partial charge in [0.05, 0.1) is 33.6 Å². The summed E-state index contributed by atoms with van der Waals surface area (Å²) in [7, 11) is -1.29. The van der Waals surface area contributed by atoms with Crippen LogP contribution in [0, 0.1) is 5.82 Å². The van der Waals surface area contributed by atoms with Gasteiger partial charge in [0.2, 0.25) is 0 Å². The molecular formula is C25H30B2ClFN2O4. The number of hydrogen-bond acceptors (Lipinski definition) is 5. The molecule has 10 heteroatoms. The molecular weight excluding hydrogens is 468 g/mol. The molecule has 2 fully saturated rings. The summed E-state index contributed by atoms with van der Waals surface area (Å²) in [5.74, 6) is -0.451. The largest absolute Gasteiger partial charge is 0.497 e. The lowest BCUT2D eigenvalue weighted by Crippen LogP contribution is -2.41. The fraction of sp³-hybridized carbons (Fsp3) is 0.480. The lowest BCUT2D eigenvalue weighted by molar-refractivity contribution is 0.00578. The zero-order chi connectivity index (χ0) is 25.6. The second-order valence-corrected chi connectivity index (χ2v) is 11.7. The number of aromatic nitrogens is 2. The summed E-state index contributed by atoms with van der Waals surface area (Å²) in [6.45, 7) is 15.8. The molecule has 0 amide bonds. The second-order valence-electron chi connectivity index (χ2n) is 11.4. The maximum Gasteiger partial charge on any atom is 0.497 e. The summed E-state index contributed by atoms with van der Waals surface area (Å²) < 4.78 is 41.0. The monoisotopic (exact) mass is 498 g/mol. The first-order valence-corrected chi connectivity index (χ1v) is 12.2. The van der Waals surface area contributed by atoms with Crippen LogP contribution in [0.5, 0.6) is 0 Å². The third-order valence-electron chi connectivity index (χ3n) is 7.90. The highest BCUT2D eigenvalue weighted by atomic mass is 35.5. The number of nitrogens with zero attached hydrogens (tertiary/aromatic N) is 2. The third-order valence-corrected chi connectivity index (χ3v) is 8.26. The first-order chi connectivity index (χ1) is 16.1. The Labute approximate surface area is 211 Å². The summed E-state index contributed by atoms with van der Waals surface area (Å²) in [4.78, 5) is 0. The quantitative estimate of drug-likeness (QED) is 0.501. The van der Waals surface area contributed by atoms with E-state index in [0.717, 1.165) is 11.2 Å². The summed E-state index contributed by atoms with van der Waals surface area (Å²) in [6, 6.07) is 10.7. The standard InChI is InChI=1S/C25H30B2ClFN2O4/c1-22(2)23(3,4)33-26(32-22)15-9-11-16(12-10-15)31-21(28)17-13-18(19(29)14-20(17)30-31)27-34-24(5,6)25(7,8)35-27/h9-14H,1-8H3. The lowest BCUT2D eigenvalue weighted by Gasteiger charge is -2.32. The Morgan fingerprint density at radius 2 is 1.26 bits per heavy atom. The number of hydrogen-bond donors (Lipinski definition) is 0. The van der Waals surface area contributed by atoms with Gasteiger partial charge in [-0.25, -0.2) is 9.07 Å². The van der Waals surface area contributed by atoms with E-state index >= 15 is 4.39 Å². The molecule has 2 saturated heterocycles. The van der Waals surface area contributed by atoms with E-state index in [1.807, 2.05) is 79.7 Å². The zero-order valence-corrected chi connectivity index (χ0v) is 22.2. The molecule has 6 nitrogen and oxygen atoms in total. The zero-order valence-electron chi connectivity index (χ0n) is 21.4. The van der Waals surface area contributed by atoms with Gasteiger partial charge >= 0.3 is 14.2 Å². The van der Waals surface area contributed by atoms with Crippen molar-refractivity contribution in [3.05, 3.63) is 47.4 Å². The highest BCUT2D eigenvalue weighted by Crippen LogP contribution is 2.38. The molecule has 0 bridgehead atoms. The van der Waals surface area contributed by atoms with Crippen LogP contribution in [-0.4, -0.2) is 46.4 Å². The van der Waals surface area contributed by atoms with Gasteiger partial charge in [-0.1, -0.05) is 23.7 Å². The van der Waals surface area contributed by atoms with Crippen molar-refractivity contribution in [2.24, 2.45) is 0 Å². The Kier molecular flexibility index (Phi) is 5.52. The van der Waals surface area contributed by atoms with Crippen molar-refractivity contribution in [3.63, 3.8) is 0 Å². The molecule has 0 spiro atoms. The fourth-order valence-corrected chi connectivity index (χ4v) is 4.45. The smallest absolute Gasteiger partial charge is 0.399 e. The second kappa shape index (κ2) is 7.80. The Morgan fingerprint density at radius 1 is 0.771 bits per heavy atom. The van der Waals surface area contributed by atoms with Gasteiger partial charge in [-0.3, -0.25) is 0 Å². The highest BCUT2D eigenvalue weighted by molar-refractivity contribution is 6.63. The predicted octanol–water partition coefficient (Wildman–Crippen LogP) is 4.42. The van der Waals surface area contributed by atoms with Crippen molar-refractivity contribution in [1.82, 2.24) is 9.78 Å². The predicted molar refractivity (Wildman–Crippen MR) is 137 cm³/mol. The first kappa shape index (κ1) is 24.8. The molecule has 0 N–H and O–H groups in total. The fourth-order valence-electron chi connectivity index (χ4n) is 4.17. The van der Waals surface area contributed by atoms with E-state index in [0.29, 0.717) is 21.5 Å². The van der Waals surface area contributed by atoms with Crippen molar-refractivity contribution < 1.29 is 23.0 Å². The summed E-state index contributed by atoms with van der Waals surface area (Å²) in [5.41, 5.74) is 0.393. The molecule has 184 valence electrons. The molecule has 0 aliphatic carbocycles. The van der Waals surface area contributed by atoms with Crippen LogP contribution in [0.3, 0.4) is 0 Å². The summed E-state index contributed by atoms with van der Waals surface area (Å²) >= 11 is 6.72. The maximum atomic E-state index is 15.1. The van der Waals surface area contributed by atoms with E-state index in [1.54, 1.807) is 10.7 Å². The van der Waals surface area contributed by atoms with Gasteiger partial charge in [-0.15, -0.1) is 0 Å². The molecule has 3 heterocycles. The molecule has 35 heavy (non-hydrogen) atoms. The van der Waals surface area contributed by atoms with E-state index in [2.05, 4.69) is 5.10 Å². The number of fused-ring (bicyclic) bond motifs is 1. The van der Waals surface area contributed by atoms with Crippen LogP contribution in [0.1, 0.15) is 55.4 Å². The van der Waals surface area contributed by atoms with Crippen LogP contribution in [0.4, 0.5) is 4.39 Å². The molecule has 2 aliphatic rings. The Bertz CT molecular complexity index is 1280. The number of rotatable bonds is 3. The van der Waals surface area contributed by atoms with Gasteiger partial charge in [-0.05, 0) is 79.1 Å². The molecule has 0 saturated carbocycles. The van der Waals surface area contributed by atoms with Gasteiger partial charge in [0, 0.05) is 16.9 Å². The van der Waals surface area contributed by atoms with Crippen molar-refractivity contribution in [2.75, 3.05) is 0 Å². The minimum Gasteiger partial charge on any atom is -0.399 e. The number of halogens is 2. The van der Waals surface area contributed by atoms with E-state index < -0.39 is 42.5 Å². The molecule has 0 unspecified atom stereocenters. The molecule has 2 aromatic carbocycles. The molecule has 1 aromatic heterocycles. The van der Waals surface area contributed by atoms with E-state index in [9.17, 15) is 0 Å². The van der Waals surface area contributed by atoms with Crippen molar-refractivity contribution in [3.8, 4) is 5.69 Å². The van der Waals surface area contributed by atoms with Crippen molar-refractivity contribution >= 4 is 47.7 Å². The van der Waals surface area contributed by atoms with Crippen molar-refractivity contribution in [2.45, 2.75) is 77.8 Å². The first-order valence-electron chi connectivity index (χ1n) is 11.8. The van der Waals surface area contributed by atoms with Crippen LogP contribution < -0.4 is 10.9 Å². The average Bonchev–Trinajstić information content (AvgIpc) is 3.26. The van der Waals surface area contributed by atoms with Gasteiger partial charge in [0.1, 0.15) is 11.0 Å². The summed E-state index contributed by atoms with van der Waals surface area (Å²) in [6.07, 6.45) is 0. The Hall–Kier alpha value is -1.90. The van der Waals surface area contributed by atoms with Crippen LogP contribution in [0.15, 0.2) is 36.4 Å². The van der Waals surface area contributed by atoms with Crippen LogP contribution >= 0.6 is 11.6 Å². The minimum atomic E-state index is -0.831.